The van der Waals surface area contributed by atoms with Crippen molar-refractivity contribution in [1.82, 2.24) is 0 Å². The monoisotopic (exact) mass is 310 g/mol. The molecule has 0 unspecified atom stereocenters. The van der Waals surface area contributed by atoms with Crippen LogP contribution in [-0.4, -0.2) is 11.2 Å². The lowest BCUT2D eigenvalue weighted by atomic mass is 10.1. The number of unbranched alkanes of at least 4 members (excludes halogenated alkanes) is 8. The molecule has 0 spiro atoms. The van der Waals surface area contributed by atoms with Gasteiger partial charge in [-0.25, -0.2) is 9.78 Å². The van der Waals surface area contributed by atoms with E-state index in [2.05, 4.69) is 25.7 Å². The molecule has 0 aliphatic rings. The van der Waals surface area contributed by atoms with Gasteiger partial charge in [0.05, 0.1) is 5.60 Å². The lowest BCUT2D eigenvalue weighted by Crippen LogP contribution is -2.31. The van der Waals surface area contributed by atoms with E-state index >= 15 is 0 Å². The van der Waals surface area contributed by atoms with Gasteiger partial charge in [0.25, 0.3) is 0 Å². The Morgan fingerprint density at radius 1 is 0.727 bits per heavy atom. The van der Waals surface area contributed by atoms with E-state index in [4.69, 9.17) is 9.78 Å². The number of rotatable bonds is 12. The van der Waals surface area contributed by atoms with Gasteiger partial charge in [0.2, 0.25) is 0 Å². The molecule has 22 heavy (non-hydrogen) atoms. The van der Waals surface area contributed by atoms with Crippen LogP contribution in [-0.2, 0) is 9.78 Å². The summed E-state index contributed by atoms with van der Waals surface area (Å²) in [4.78, 5) is 11.0. The molecular formula is C20H38O2. The molecule has 0 bridgehead atoms. The highest BCUT2D eigenvalue weighted by Gasteiger charge is 2.23. The van der Waals surface area contributed by atoms with Crippen molar-refractivity contribution < 1.29 is 9.78 Å². The van der Waals surface area contributed by atoms with Crippen molar-refractivity contribution >= 4 is 0 Å². The van der Waals surface area contributed by atoms with Crippen LogP contribution in [0.2, 0.25) is 0 Å². The summed E-state index contributed by atoms with van der Waals surface area (Å²) in [5.74, 6) is 6.41. The third kappa shape index (κ3) is 13.2. The molecular weight excluding hydrogens is 272 g/mol. The van der Waals surface area contributed by atoms with E-state index < -0.39 is 5.60 Å². The molecule has 0 aromatic carbocycles. The van der Waals surface area contributed by atoms with Crippen molar-refractivity contribution in [3.05, 3.63) is 0 Å². The van der Waals surface area contributed by atoms with Crippen molar-refractivity contribution in [2.75, 3.05) is 0 Å². The summed E-state index contributed by atoms with van der Waals surface area (Å²) in [5.41, 5.74) is -0.788. The lowest BCUT2D eigenvalue weighted by Gasteiger charge is -2.26. The van der Waals surface area contributed by atoms with E-state index in [0.29, 0.717) is 0 Å². The number of hydrogen-bond acceptors (Lipinski definition) is 2. The van der Waals surface area contributed by atoms with Crippen LogP contribution >= 0.6 is 0 Å². The maximum atomic E-state index is 5.49. The summed E-state index contributed by atoms with van der Waals surface area (Å²) in [7, 11) is 0. The second-order valence-electron chi connectivity index (χ2n) is 7.32. The zero-order chi connectivity index (χ0) is 16.9. The van der Waals surface area contributed by atoms with Crippen molar-refractivity contribution in [2.24, 2.45) is 0 Å². The smallest absolute Gasteiger partial charge is 0.158 e. The van der Waals surface area contributed by atoms with Crippen LogP contribution in [0.1, 0.15) is 106 Å². The molecule has 0 aromatic rings. The molecule has 0 aromatic heterocycles. The largest absolute Gasteiger partial charge is 0.229 e. The van der Waals surface area contributed by atoms with Crippen LogP contribution in [0, 0.1) is 11.8 Å². The minimum atomic E-state index is -0.535. The van der Waals surface area contributed by atoms with Crippen molar-refractivity contribution in [2.45, 2.75) is 117 Å². The van der Waals surface area contributed by atoms with E-state index in [1.165, 1.54) is 51.4 Å². The van der Waals surface area contributed by atoms with E-state index in [0.717, 1.165) is 12.8 Å². The first-order valence-electron chi connectivity index (χ1n) is 9.20. The fraction of sp³-hybridized carbons (Fsp3) is 0.900. The van der Waals surface area contributed by atoms with Crippen molar-refractivity contribution in [1.29, 1.82) is 0 Å². The van der Waals surface area contributed by atoms with Gasteiger partial charge in [0.1, 0.15) is 0 Å². The fourth-order valence-electron chi connectivity index (χ4n) is 1.92. The van der Waals surface area contributed by atoms with Crippen LogP contribution in [0.25, 0.3) is 0 Å². The van der Waals surface area contributed by atoms with Gasteiger partial charge in [0.15, 0.2) is 5.60 Å². The normalized spacial score (nSPS) is 12.1. The first-order chi connectivity index (χ1) is 10.3. The van der Waals surface area contributed by atoms with Gasteiger partial charge in [-0.1, -0.05) is 64.7 Å². The van der Waals surface area contributed by atoms with Gasteiger partial charge in [0, 0.05) is 6.42 Å². The zero-order valence-electron chi connectivity index (χ0n) is 15.9. The van der Waals surface area contributed by atoms with Crippen LogP contribution in [0.3, 0.4) is 0 Å². The predicted molar refractivity (Wildman–Crippen MR) is 95.6 cm³/mol. The fourth-order valence-corrected chi connectivity index (χ4v) is 1.92. The van der Waals surface area contributed by atoms with Crippen molar-refractivity contribution in [3.63, 3.8) is 0 Å². The Labute approximate surface area is 139 Å². The van der Waals surface area contributed by atoms with Gasteiger partial charge in [-0.2, -0.15) is 0 Å². The highest BCUT2D eigenvalue weighted by atomic mass is 17.2. The third-order valence-electron chi connectivity index (χ3n) is 3.87. The van der Waals surface area contributed by atoms with E-state index in [1.807, 2.05) is 27.7 Å². The van der Waals surface area contributed by atoms with Gasteiger partial charge < -0.3 is 0 Å². The Morgan fingerprint density at radius 2 is 1.27 bits per heavy atom. The van der Waals surface area contributed by atoms with Crippen molar-refractivity contribution in [3.8, 4) is 11.8 Å². The Bertz CT molecular complexity index is 320. The lowest BCUT2D eigenvalue weighted by molar-refractivity contribution is -0.388. The minimum absolute atomic E-state index is 0.253. The third-order valence-corrected chi connectivity index (χ3v) is 3.87. The minimum Gasteiger partial charge on any atom is -0.229 e. The molecule has 0 rings (SSSR count). The molecule has 0 heterocycles. The molecule has 0 saturated carbocycles. The van der Waals surface area contributed by atoms with Gasteiger partial charge in [-0.3, -0.25) is 0 Å². The summed E-state index contributed by atoms with van der Waals surface area (Å²) in [6.07, 6.45) is 12.6. The molecule has 0 N–H and O–H groups in total. The summed E-state index contributed by atoms with van der Waals surface area (Å²) in [6, 6.07) is 0. The highest BCUT2D eigenvalue weighted by Crippen LogP contribution is 2.19. The highest BCUT2D eigenvalue weighted by molar-refractivity contribution is 5.10. The molecule has 0 fully saturated rings. The maximum absolute atomic E-state index is 5.49. The average molecular weight is 311 g/mol. The molecule has 2 nitrogen and oxygen atoms in total. The molecule has 0 amide bonds. The quantitative estimate of drug-likeness (QED) is 0.179. The first kappa shape index (κ1) is 21.5. The molecule has 130 valence electrons. The second-order valence-corrected chi connectivity index (χ2v) is 7.32. The van der Waals surface area contributed by atoms with Crippen LogP contribution in [0.5, 0.6) is 0 Å². The Balaban J connectivity index is 3.71. The topological polar surface area (TPSA) is 18.5 Å². The summed E-state index contributed by atoms with van der Waals surface area (Å²) in [6.45, 7) is 12.3. The van der Waals surface area contributed by atoms with Crippen LogP contribution < -0.4 is 0 Å². The van der Waals surface area contributed by atoms with Crippen LogP contribution in [0.4, 0.5) is 0 Å². The zero-order valence-corrected chi connectivity index (χ0v) is 15.9. The van der Waals surface area contributed by atoms with E-state index in [1.54, 1.807) is 0 Å². The molecule has 0 aliphatic heterocycles. The predicted octanol–water partition coefficient (Wildman–Crippen LogP) is 6.44. The molecule has 2 heteroatoms. The Kier molecular flexibility index (Phi) is 11.7. The SMILES string of the molecule is CCCCCCCCCCC#CC(C)(C)OOC(C)(C)CC. The molecule has 0 aliphatic carbocycles. The standard InChI is InChI=1S/C20H38O2/c1-7-9-10-11-12-13-14-15-16-17-18-20(5,6)22-21-19(3,4)8-2/h7-16H2,1-6H3. The summed E-state index contributed by atoms with van der Waals surface area (Å²) in [5, 5.41) is 0. The van der Waals surface area contributed by atoms with Crippen LogP contribution in [0.15, 0.2) is 0 Å². The van der Waals surface area contributed by atoms with E-state index in [9.17, 15) is 0 Å². The first-order valence-corrected chi connectivity index (χ1v) is 9.20. The molecule has 0 radical (unpaired) electrons. The summed E-state index contributed by atoms with van der Waals surface area (Å²) >= 11 is 0. The average Bonchev–Trinajstić information content (AvgIpc) is 2.47. The Morgan fingerprint density at radius 3 is 1.82 bits per heavy atom. The second kappa shape index (κ2) is 12.0. The van der Waals surface area contributed by atoms with Gasteiger partial charge >= 0.3 is 0 Å². The molecule has 0 saturated heterocycles. The molecule has 0 atom stereocenters. The maximum Gasteiger partial charge on any atom is 0.158 e. The number of hydrogen-bond donors (Lipinski definition) is 0. The van der Waals surface area contributed by atoms with Gasteiger partial charge in [-0.05, 0) is 40.5 Å². The van der Waals surface area contributed by atoms with E-state index in [-0.39, 0.29) is 5.60 Å². The summed E-state index contributed by atoms with van der Waals surface area (Å²) < 4.78 is 0. The van der Waals surface area contributed by atoms with Gasteiger partial charge in [-0.15, -0.1) is 5.92 Å². The Hall–Kier alpha value is -0.520.